The third kappa shape index (κ3) is 6.02. The average molecular weight is 371 g/mol. The number of ether oxygens (including phenoxy) is 2. The van der Waals surface area contributed by atoms with Crippen LogP contribution in [0.2, 0.25) is 0 Å². The molecule has 27 heavy (non-hydrogen) atoms. The Bertz CT molecular complexity index is 778. The summed E-state index contributed by atoms with van der Waals surface area (Å²) in [6.07, 6.45) is -0.0869. The number of rotatable bonds is 8. The molecular formula is C21H27BFNO3. The Morgan fingerprint density at radius 1 is 1.15 bits per heavy atom. The van der Waals surface area contributed by atoms with Gasteiger partial charge in [0.15, 0.2) is 0 Å². The highest BCUT2D eigenvalue weighted by atomic mass is 19.1. The molecule has 0 fully saturated rings. The second-order valence-corrected chi connectivity index (χ2v) is 7.09. The summed E-state index contributed by atoms with van der Waals surface area (Å²) in [4.78, 5) is 11.9. The number of halogens is 1. The number of carbonyl (C=O) groups excluding carboxylic acids is 1. The van der Waals surface area contributed by atoms with Crippen molar-refractivity contribution in [3.63, 3.8) is 0 Å². The van der Waals surface area contributed by atoms with Gasteiger partial charge in [0.1, 0.15) is 31.3 Å². The summed E-state index contributed by atoms with van der Waals surface area (Å²) in [5.74, 6) is 1.40. The van der Waals surface area contributed by atoms with Crippen molar-refractivity contribution in [2.24, 2.45) is 5.92 Å². The van der Waals surface area contributed by atoms with Crippen LogP contribution in [0.3, 0.4) is 0 Å². The molecule has 144 valence electrons. The van der Waals surface area contributed by atoms with E-state index < -0.39 is 0 Å². The molecule has 0 aliphatic heterocycles. The molecule has 0 aliphatic rings. The molecule has 2 rings (SSSR count). The van der Waals surface area contributed by atoms with Crippen molar-refractivity contribution in [2.75, 3.05) is 13.7 Å². The normalized spacial score (nSPS) is 11.9. The van der Waals surface area contributed by atoms with E-state index >= 15 is 0 Å². The second kappa shape index (κ2) is 9.44. The van der Waals surface area contributed by atoms with Crippen molar-refractivity contribution in [2.45, 2.75) is 33.3 Å². The molecule has 0 radical (unpaired) electrons. The monoisotopic (exact) mass is 371 g/mol. The molecule has 0 spiro atoms. The van der Waals surface area contributed by atoms with Crippen LogP contribution in [0.25, 0.3) is 0 Å². The van der Waals surface area contributed by atoms with E-state index in [1.165, 1.54) is 12.1 Å². The van der Waals surface area contributed by atoms with Gasteiger partial charge < -0.3 is 14.8 Å². The molecule has 0 aromatic heterocycles. The standard InChI is InChI=1S/C21H27BFNO3/c1-13(2)12-26-20-9-16(10-21(25)24-4)19(11-18(20)22)27-14(3)15-5-7-17(23)8-6-15/h5-9,11,13-14H,10,12,22H2,1-4H3,(H,24,25). The van der Waals surface area contributed by atoms with E-state index in [1.54, 1.807) is 19.2 Å². The van der Waals surface area contributed by atoms with Crippen LogP contribution < -0.4 is 20.3 Å². The van der Waals surface area contributed by atoms with Crippen molar-refractivity contribution in [3.05, 3.63) is 53.3 Å². The maximum Gasteiger partial charge on any atom is 0.224 e. The van der Waals surface area contributed by atoms with E-state index in [-0.39, 0.29) is 24.2 Å². The Kier molecular flexibility index (Phi) is 7.28. The molecule has 6 heteroatoms. The van der Waals surface area contributed by atoms with Gasteiger partial charge in [-0.15, -0.1) is 0 Å². The molecule has 0 heterocycles. The first-order chi connectivity index (χ1) is 12.8. The minimum absolute atomic E-state index is 0.104. The van der Waals surface area contributed by atoms with Crippen molar-refractivity contribution in [1.82, 2.24) is 5.32 Å². The van der Waals surface area contributed by atoms with Crippen LogP contribution in [-0.2, 0) is 11.2 Å². The van der Waals surface area contributed by atoms with Crippen LogP contribution in [-0.4, -0.2) is 27.4 Å². The van der Waals surface area contributed by atoms with Crippen molar-refractivity contribution >= 4 is 19.2 Å². The van der Waals surface area contributed by atoms with Gasteiger partial charge in [-0.2, -0.15) is 0 Å². The lowest BCUT2D eigenvalue weighted by molar-refractivity contribution is -0.120. The first-order valence-corrected chi connectivity index (χ1v) is 9.19. The predicted molar refractivity (Wildman–Crippen MR) is 108 cm³/mol. The zero-order valence-electron chi connectivity index (χ0n) is 16.6. The van der Waals surface area contributed by atoms with Crippen LogP contribution in [0.5, 0.6) is 11.5 Å². The molecule has 4 nitrogen and oxygen atoms in total. The van der Waals surface area contributed by atoms with Crippen LogP contribution in [0, 0.1) is 11.7 Å². The highest BCUT2D eigenvalue weighted by molar-refractivity contribution is 6.34. The lowest BCUT2D eigenvalue weighted by Crippen LogP contribution is -2.22. The number of hydrogen-bond donors (Lipinski definition) is 1. The molecule has 1 N–H and O–H groups in total. The summed E-state index contributed by atoms with van der Waals surface area (Å²) in [5, 5.41) is 2.64. The first-order valence-electron chi connectivity index (χ1n) is 9.19. The van der Waals surface area contributed by atoms with Gasteiger partial charge in [0.25, 0.3) is 0 Å². The third-order valence-electron chi connectivity index (χ3n) is 4.20. The number of nitrogens with one attached hydrogen (secondary N) is 1. The molecule has 1 amide bonds. The van der Waals surface area contributed by atoms with Crippen molar-refractivity contribution in [3.8, 4) is 11.5 Å². The highest BCUT2D eigenvalue weighted by Crippen LogP contribution is 2.28. The lowest BCUT2D eigenvalue weighted by atomic mass is 9.92. The quantitative estimate of drug-likeness (QED) is 0.726. The Morgan fingerprint density at radius 2 is 1.81 bits per heavy atom. The van der Waals surface area contributed by atoms with E-state index in [0.717, 1.165) is 22.3 Å². The average Bonchev–Trinajstić information content (AvgIpc) is 2.62. The lowest BCUT2D eigenvalue weighted by Gasteiger charge is -2.20. The SMILES string of the molecule is Bc1cc(OC(C)c2ccc(F)cc2)c(CC(=O)NC)cc1OCC(C)C. The molecule has 0 bridgehead atoms. The van der Waals surface area contributed by atoms with Gasteiger partial charge in [-0.1, -0.05) is 26.0 Å². The van der Waals surface area contributed by atoms with E-state index in [4.69, 9.17) is 9.47 Å². The van der Waals surface area contributed by atoms with Crippen LogP contribution in [0.1, 0.15) is 38.0 Å². The third-order valence-corrected chi connectivity index (χ3v) is 4.20. The summed E-state index contributed by atoms with van der Waals surface area (Å²) in [5.41, 5.74) is 2.56. The molecule has 2 aromatic carbocycles. The fraction of sp³-hybridized carbons (Fsp3) is 0.381. The largest absolute Gasteiger partial charge is 0.494 e. The van der Waals surface area contributed by atoms with Gasteiger partial charge in [0.05, 0.1) is 13.0 Å². The summed E-state index contributed by atoms with van der Waals surface area (Å²) in [7, 11) is 3.56. The molecule has 0 saturated carbocycles. The van der Waals surface area contributed by atoms with Gasteiger partial charge in [-0.05, 0) is 48.1 Å². The van der Waals surface area contributed by atoms with Crippen LogP contribution in [0.4, 0.5) is 4.39 Å². The van der Waals surface area contributed by atoms with Crippen LogP contribution >= 0.6 is 0 Å². The first kappa shape index (κ1) is 20.8. The van der Waals surface area contributed by atoms with Gasteiger partial charge in [0.2, 0.25) is 5.91 Å². The summed E-state index contributed by atoms with van der Waals surface area (Å²) < 4.78 is 25.2. The molecule has 0 saturated heterocycles. The smallest absolute Gasteiger partial charge is 0.224 e. The van der Waals surface area contributed by atoms with Crippen molar-refractivity contribution in [1.29, 1.82) is 0 Å². The van der Waals surface area contributed by atoms with E-state index in [0.29, 0.717) is 18.3 Å². The number of benzene rings is 2. The number of likely N-dealkylation sites (N-methyl/N-ethyl adjacent to an activating group) is 1. The summed E-state index contributed by atoms with van der Waals surface area (Å²) >= 11 is 0. The van der Waals surface area contributed by atoms with E-state index in [2.05, 4.69) is 19.2 Å². The predicted octanol–water partition coefficient (Wildman–Crippen LogP) is 2.55. The maximum atomic E-state index is 13.2. The van der Waals surface area contributed by atoms with Gasteiger partial charge in [-0.25, -0.2) is 4.39 Å². The molecule has 0 aliphatic carbocycles. The number of amides is 1. The topological polar surface area (TPSA) is 47.6 Å². The Labute approximate surface area is 161 Å². The zero-order valence-corrected chi connectivity index (χ0v) is 16.6. The summed E-state index contributed by atoms with van der Waals surface area (Å²) in [6, 6.07) is 9.99. The minimum atomic E-state index is -0.284. The number of carbonyl (C=O) groups is 1. The van der Waals surface area contributed by atoms with Crippen molar-refractivity contribution < 1.29 is 18.7 Å². The van der Waals surface area contributed by atoms with Crippen LogP contribution in [0.15, 0.2) is 36.4 Å². The minimum Gasteiger partial charge on any atom is -0.494 e. The molecule has 1 atom stereocenters. The second-order valence-electron chi connectivity index (χ2n) is 7.09. The van der Waals surface area contributed by atoms with Gasteiger partial charge in [-0.3, -0.25) is 4.79 Å². The summed E-state index contributed by atoms with van der Waals surface area (Å²) in [6.45, 7) is 6.67. The Hall–Kier alpha value is -2.50. The van der Waals surface area contributed by atoms with E-state index in [9.17, 15) is 9.18 Å². The Morgan fingerprint density at radius 3 is 2.41 bits per heavy atom. The highest BCUT2D eigenvalue weighted by Gasteiger charge is 2.16. The fourth-order valence-electron chi connectivity index (χ4n) is 2.62. The zero-order chi connectivity index (χ0) is 20.0. The maximum absolute atomic E-state index is 13.2. The fourth-order valence-corrected chi connectivity index (χ4v) is 2.62. The Balaban J connectivity index is 2.30. The van der Waals surface area contributed by atoms with Gasteiger partial charge >= 0.3 is 0 Å². The molecule has 2 aromatic rings. The van der Waals surface area contributed by atoms with E-state index in [1.807, 2.05) is 26.9 Å². The number of hydrogen-bond acceptors (Lipinski definition) is 3. The van der Waals surface area contributed by atoms with Gasteiger partial charge in [0, 0.05) is 12.6 Å². The molecular weight excluding hydrogens is 344 g/mol. The molecule has 1 unspecified atom stereocenters.